The third-order valence-corrected chi connectivity index (χ3v) is 2.61. The zero-order valence-corrected chi connectivity index (χ0v) is 6.90. The summed E-state index contributed by atoms with van der Waals surface area (Å²) < 4.78 is 14.2. The number of aldehydes is 1. The predicted molar refractivity (Wildman–Crippen MR) is 47.2 cm³/mol. The average molecular weight is 180 g/mol. The summed E-state index contributed by atoms with van der Waals surface area (Å²) in [5.74, 6) is -0.413. The summed E-state index contributed by atoms with van der Waals surface area (Å²) in [6, 6.07) is 4.94. The fraction of sp³-hybridized carbons (Fsp3) is 0. The maximum Gasteiger partial charge on any atom is 0.153 e. The minimum absolute atomic E-state index is 0.126. The molecule has 0 saturated heterocycles. The third kappa shape index (κ3) is 0.940. The number of carbonyl (C=O) groups excluding carboxylic acids is 1. The van der Waals surface area contributed by atoms with Crippen LogP contribution in [0.25, 0.3) is 10.1 Å². The molecule has 2 aromatic rings. The van der Waals surface area contributed by atoms with E-state index in [0.29, 0.717) is 11.7 Å². The Bertz CT molecular complexity index is 433. The lowest BCUT2D eigenvalue weighted by molar-refractivity contribution is 0.112. The predicted octanol–water partition coefficient (Wildman–Crippen LogP) is 2.85. The van der Waals surface area contributed by atoms with Crippen LogP contribution in [0.2, 0.25) is 0 Å². The highest BCUT2D eigenvalue weighted by molar-refractivity contribution is 7.17. The summed E-state index contributed by atoms with van der Waals surface area (Å²) in [6.07, 6.45) is 0.534. The Hall–Kier alpha value is -1.22. The molecule has 3 heteroatoms. The van der Waals surface area contributed by atoms with Crippen molar-refractivity contribution in [2.45, 2.75) is 0 Å². The molecule has 0 saturated carbocycles. The van der Waals surface area contributed by atoms with Gasteiger partial charge in [0.1, 0.15) is 5.82 Å². The van der Waals surface area contributed by atoms with E-state index in [4.69, 9.17) is 0 Å². The normalized spacial score (nSPS) is 10.4. The largest absolute Gasteiger partial charge is 0.298 e. The Morgan fingerprint density at radius 1 is 1.33 bits per heavy atom. The molecule has 1 nitrogen and oxygen atoms in total. The summed E-state index contributed by atoms with van der Waals surface area (Å²) in [7, 11) is 0. The van der Waals surface area contributed by atoms with Crippen molar-refractivity contribution in [3.63, 3.8) is 0 Å². The molecule has 0 aliphatic heterocycles. The van der Waals surface area contributed by atoms with Gasteiger partial charge in [-0.1, -0.05) is 0 Å². The Labute approximate surface area is 72.4 Å². The molecule has 0 aliphatic rings. The van der Waals surface area contributed by atoms with E-state index in [9.17, 15) is 9.18 Å². The zero-order chi connectivity index (χ0) is 8.55. The number of halogens is 1. The van der Waals surface area contributed by atoms with Crippen molar-refractivity contribution in [3.05, 3.63) is 35.0 Å². The number of rotatable bonds is 1. The first kappa shape index (κ1) is 7.43. The standard InChI is InChI=1S/C9H5FOS/c10-9-6(5-11)1-2-8-7(9)3-4-12-8/h1-5H. The first-order valence-corrected chi connectivity index (χ1v) is 4.32. The van der Waals surface area contributed by atoms with Gasteiger partial charge in [-0.25, -0.2) is 4.39 Å². The quantitative estimate of drug-likeness (QED) is 0.617. The number of carbonyl (C=O) groups is 1. The molecular formula is C9H5FOS. The van der Waals surface area contributed by atoms with Crippen molar-refractivity contribution in [2.24, 2.45) is 0 Å². The minimum Gasteiger partial charge on any atom is -0.298 e. The number of benzene rings is 1. The van der Waals surface area contributed by atoms with E-state index in [0.717, 1.165) is 4.70 Å². The molecule has 0 atom stereocenters. The topological polar surface area (TPSA) is 17.1 Å². The highest BCUT2D eigenvalue weighted by Gasteiger charge is 2.06. The van der Waals surface area contributed by atoms with Gasteiger partial charge in [0.15, 0.2) is 6.29 Å². The van der Waals surface area contributed by atoms with Crippen LogP contribution in [0, 0.1) is 5.82 Å². The Morgan fingerprint density at radius 3 is 2.92 bits per heavy atom. The van der Waals surface area contributed by atoms with Crippen LogP contribution in [-0.2, 0) is 0 Å². The van der Waals surface area contributed by atoms with Gasteiger partial charge in [-0.2, -0.15) is 0 Å². The van der Waals surface area contributed by atoms with E-state index in [1.54, 1.807) is 12.1 Å². The lowest BCUT2D eigenvalue weighted by Gasteiger charge is -1.94. The molecule has 0 amide bonds. The second-order valence-corrected chi connectivity index (χ2v) is 3.37. The molecule has 2 rings (SSSR count). The molecule has 12 heavy (non-hydrogen) atoms. The number of thiophene rings is 1. The lowest BCUT2D eigenvalue weighted by atomic mass is 10.2. The molecule has 0 N–H and O–H groups in total. The van der Waals surface area contributed by atoms with E-state index in [1.165, 1.54) is 17.4 Å². The van der Waals surface area contributed by atoms with Gasteiger partial charge in [0.2, 0.25) is 0 Å². The van der Waals surface area contributed by atoms with E-state index in [-0.39, 0.29) is 5.56 Å². The number of hydrogen-bond donors (Lipinski definition) is 0. The average Bonchev–Trinajstić information content (AvgIpc) is 2.53. The van der Waals surface area contributed by atoms with E-state index < -0.39 is 5.82 Å². The molecule has 0 spiro atoms. The highest BCUT2D eigenvalue weighted by atomic mass is 32.1. The fourth-order valence-electron chi connectivity index (χ4n) is 1.12. The molecule has 1 heterocycles. The van der Waals surface area contributed by atoms with Gasteiger partial charge in [-0.05, 0) is 23.6 Å². The van der Waals surface area contributed by atoms with Crippen LogP contribution < -0.4 is 0 Å². The second-order valence-electron chi connectivity index (χ2n) is 2.42. The van der Waals surface area contributed by atoms with E-state index >= 15 is 0 Å². The highest BCUT2D eigenvalue weighted by Crippen LogP contribution is 2.24. The van der Waals surface area contributed by atoms with E-state index in [1.807, 2.05) is 5.38 Å². The van der Waals surface area contributed by atoms with Crippen molar-refractivity contribution in [3.8, 4) is 0 Å². The molecule has 0 fully saturated rings. The first-order chi connectivity index (χ1) is 5.83. The van der Waals surface area contributed by atoms with Gasteiger partial charge >= 0.3 is 0 Å². The van der Waals surface area contributed by atoms with Gasteiger partial charge in [-0.15, -0.1) is 11.3 Å². The molecule has 1 aromatic heterocycles. The summed E-state index contributed by atoms with van der Waals surface area (Å²) in [6.45, 7) is 0. The second kappa shape index (κ2) is 2.68. The number of hydrogen-bond acceptors (Lipinski definition) is 2. The van der Waals surface area contributed by atoms with Gasteiger partial charge < -0.3 is 0 Å². The van der Waals surface area contributed by atoms with Gasteiger partial charge in [0, 0.05) is 10.1 Å². The molecule has 0 unspecified atom stereocenters. The van der Waals surface area contributed by atoms with Gasteiger partial charge in [0.25, 0.3) is 0 Å². The maximum absolute atomic E-state index is 13.3. The van der Waals surface area contributed by atoms with Crippen LogP contribution in [0.1, 0.15) is 10.4 Å². The summed E-state index contributed by atoms with van der Waals surface area (Å²) in [5, 5.41) is 2.34. The molecule has 0 radical (unpaired) electrons. The molecule has 60 valence electrons. The van der Waals surface area contributed by atoms with Crippen LogP contribution in [-0.4, -0.2) is 6.29 Å². The van der Waals surface area contributed by atoms with Crippen molar-refractivity contribution < 1.29 is 9.18 Å². The van der Waals surface area contributed by atoms with Crippen LogP contribution >= 0.6 is 11.3 Å². The smallest absolute Gasteiger partial charge is 0.153 e. The SMILES string of the molecule is O=Cc1ccc2sccc2c1F. The third-order valence-electron chi connectivity index (χ3n) is 1.73. The summed E-state index contributed by atoms with van der Waals surface area (Å²) in [4.78, 5) is 10.4. The first-order valence-electron chi connectivity index (χ1n) is 3.44. The minimum atomic E-state index is -0.413. The zero-order valence-electron chi connectivity index (χ0n) is 6.08. The molecule has 0 bridgehead atoms. The molecular weight excluding hydrogens is 175 g/mol. The van der Waals surface area contributed by atoms with E-state index in [2.05, 4.69) is 0 Å². The van der Waals surface area contributed by atoms with Gasteiger partial charge in [-0.3, -0.25) is 4.79 Å². The van der Waals surface area contributed by atoms with Crippen LogP contribution in [0.3, 0.4) is 0 Å². The fourth-order valence-corrected chi connectivity index (χ4v) is 1.90. The summed E-state index contributed by atoms with van der Waals surface area (Å²) in [5.41, 5.74) is 0.126. The Balaban J connectivity index is 2.86. The van der Waals surface area contributed by atoms with Crippen LogP contribution in [0.15, 0.2) is 23.6 Å². The van der Waals surface area contributed by atoms with Crippen LogP contribution in [0.4, 0.5) is 4.39 Å². The summed E-state index contributed by atoms with van der Waals surface area (Å²) >= 11 is 1.46. The van der Waals surface area contributed by atoms with Gasteiger partial charge in [0.05, 0.1) is 5.56 Å². The maximum atomic E-state index is 13.3. The number of fused-ring (bicyclic) bond motifs is 1. The molecule has 1 aromatic carbocycles. The monoisotopic (exact) mass is 180 g/mol. The lowest BCUT2D eigenvalue weighted by Crippen LogP contribution is -1.85. The van der Waals surface area contributed by atoms with Crippen molar-refractivity contribution >= 4 is 27.7 Å². The Morgan fingerprint density at radius 2 is 2.17 bits per heavy atom. The van der Waals surface area contributed by atoms with Crippen molar-refractivity contribution in [1.82, 2.24) is 0 Å². The van der Waals surface area contributed by atoms with Crippen LogP contribution in [0.5, 0.6) is 0 Å². The van der Waals surface area contributed by atoms with Crippen molar-refractivity contribution in [1.29, 1.82) is 0 Å². The van der Waals surface area contributed by atoms with Crippen molar-refractivity contribution in [2.75, 3.05) is 0 Å². The molecule has 0 aliphatic carbocycles. The Kier molecular flexibility index (Phi) is 1.66.